The minimum absolute atomic E-state index is 0.152. The number of nitrogens with two attached hydrogens (primary N) is 1. The molecule has 0 aliphatic rings. The molecule has 3 rings (SSSR count). The van der Waals surface area contributed by atoms with E-state index in [1.54, 1.807) is 29.7 Å². The monoisotopic (exact) mass is 379 g/mol. The standard InChI is InChI=1S/C15H14ClN5OS2/c1-7-8(2)24-14-11(7)13(17)20-15(21-14)23-6-10(22)19-9-4-3-5-18-12(9)16/h3-5H,6H2,1-2H3,(H,19,22)(H2,17,20,21). The van der Waals surface area contributed by atoms with Gasteiger partial charge in [-0.1, -0.05) is 23.4 Å². The van der Waals surface area contributed by atoms with Gasteiger partial charge in [-0.15, -0.1) is 11.3 Å². The maximum Gasteiger partial charge on any atom is 0.234 e. The van der Waals surface area contributed by atoms with Crippen molar-refractivity contribution in [3.63, 3.8) is 0 Å². The summed E-state index contributed by atoms with van der Waals surface area (Å²) in [6.45, 7) is 4.03. The highest BCUT2D eigenvalue weighted by Crippen LogP contribution is 2.33. The van der Waals surface area contributed by atoms with E-state index in [1.165, 1.54) is 11.8 Å². The Bertz CT molecular complexity index is 928. The second-order valence-corrected chi connectivity index (χ2v) is 7.54. The van der Waals surface area contributed by atoms with E-state index in [-0.39, 0.29) is 16.8 Å². The molecular formula is C15H14ClN5OS2. The van der Waals surface area contributed by atoms with E-state index in [9.17, 15) is 4.79 Å². The Labute approximate surface area is 151 Å². The predicted octanol–water partition coefficient (Wildman–Crippen LogP) is 3.67. The van der Waals surface area contributed by atoms with Crippen LogP contribution < -0.4 is 11.1 Å². The first-order valence-corrected chi connectivity index (χ1v) is 9.20. The molecule has 0 aromatic carbocycles. The van der Waals surface area contributed by atoms with Crippen LogP contribution >= 0.6 is 34.7 Å². The maximum absolute atomic E-state index is 12.0. The highest BCUT2D eigenvalue weighted by atomic mass is 35.5. The highest BCUT2D eigenvalue weighted by molar-refractivity contribution is 7.99. The molecule has 0 fully saturated rings. The molecular weight excluding hydrogens is 366 g/mol. The van der Waals surface area contributed by atoms with Crippen molar-refractivity contribution in [1.82, 2.24) is 15.0 Å². The number of nitrogens with zero attached hydrogens (tertiary/aromatic N) is 3. The molecule has 0 radical (unpaired) electrons. The fourth-order valence-corrected chi connectivity index (χ4v) is 4.03. The third-order valence-corrected chi connectivity index (χ3v) is 5.65. The zero-order valence-corrected chi connectivity index (χ0v) is 15.3. The van der Waals surface area contributed by atoms with Gasteiger partial charge in [0.1, 0.15) is 10.6 Å². The molecule has 0 atom stereocenters. The molecule has 3 N–H and O–H groups in total. The number of fused-ring (bicyclic) bond motifs is 1. The zero-order valence-electron chi connectivity index (χ0n) is 13.0. The molecule has 0 aliphatic carbocycles. The molecule has 0 aliphatic heterocycles. The Morgan fingerprint density at radius 3 is 2.96 bits per heavy atom. The lowest BCUT2D eigenvalue weighted by Crippen LogP contribution is -2.15. The number of aromatic nitrogens is 3. The van der Waals surface area contributed by atoms with Gasteiger partial charge in [0.15, 0.2) is 10.3 Å². The third kappa shape index (κ3) is 3.45. The molecule has 3 heterocycles. The maximum atomic E-state index is 12.0. The average Bonchev–Trinajstić information content (AvgIpc) is 2.82. The van der Waals surface area contributed by atoms with E-state index in [1.807, 2.05) is 13.8 Å². The van der Waals surface area contributed by atoms with E-state index in [0.717, 1.165) is 20.7 Å². The fraction of sp³-hybridized carbons (Fsp3) is 0.200. The Morgan fingerprint density at radius 1 is 1.42 bits per heavy atom. The van der Waals surface area contributed by atoms with Gasteiger partial charge in [0, 0.05) is 11.1 Å². The molecule has 0 unspecified atom stereocenters. The molecule has 0 saturated heterocycles. The lowest BCUT2D eigenvalue weighted by molar-refractivity contribution is -0.113. The Balaban J connectivity index is 1.71. The number of thioether (sulfide) groups is 1. The number of carbonyl (C=O) groups excluding carboxylic acids is 1. The van der Waals surface area contributed by atoms with Crippen LogP contribution in [-0.4, -0.2) is 26.6 Å². The van der Waals surface area contributed by atoms with E-state index < -0.39 is 0 Å². The summed E-state index contributed by atoms with van der Waals surface area (Å²) in [6, 6.07) is 3.39. The van der Waals surface area contributed by atoms with E-state index in [0.29, 0.717) is 16.7 Å². The SMILES string of the molecule is Cc1sc2nc(SCC(=O)Nc3cccnc3Cl)nc(N)c2c1C. The average molecular weight is 380 g/mol. The number of hydrogen-bond acceptors (Lipinski definition) is 7. The van der Waals surface area contributed by atoms with Crippen molar-refractivity contribution in [2.24, 2.45) is 0 Å². The van der Waals surface area contributed by atoms with Crippen LogP contribution in [0.5, 0.6) is 0 Å². The Morgan fingerprint density at radius 2 is 2.21 bits per heavy atom. The van der Waals surface area contributed by atoms with Gasteiger partial charge in [0.05, 0.1) is 16.8 Å². The van der Waals surface area contributed by atoms with Crippen LogP contribution in [0.15, 0.2) is 23.5 Å². The summed E-state index contributed by atoms with van der Waals surface area (Å²) in [6.07, 6.45) is 1.56. The number of halogens is 1. The molecule has 3 aromatic rings. The number of thiophene rings is 1. The Hall–Kier alpha value is -1.90. The largest absolute Gasteiger partial charge is 0.383 e. The van der Waals surface area contributed by atoms with E-state index >= 15 is 0 Å². The summed E-state index contributed by atoms with van der Waals surface area (Å²) in [7, 11) is 0. The second kappa shape index (κ2) is 6.92. The second-order valence-electron chi connectivity index (χ2n) is 5.03. The number of rotatable bonds is 4. The van der Waals surface area contributed by atoms with Gasteiger partial charge in [-0.3, -0.25) is 4.79 Å². The summed E-state index contributed by atoms with van der Waals surface area (Å²) in [5.74, 6) is 0.384. The number of carbonyl (C=O) groups is 1. The topological polar surface area (TPSA) is 93.8 Å². The number of nitrogen functional groups attached to an aromatic ring is 1. The van der Waals surface area contributed by atoms with Gasteiger partial charge in [-0.2, -0.15) is 0 Å². The van der Waals surface area contributed by atoms with Gasteiger partial charge >= 0.3 is 0 Å². The summed E-state index contributed by atoms with van der Waals surface area (Å²) in [5, 5.41) is 4.34. The number of aryl methyl sites for hydroxylation is 2. The van der Waals surface area contributed by atoms with Crippen molar-refractivity contribution >= 4 is 62.3 Å². The molecule has 6 nitrogen and oxygen atoms in total. The highest BCUT2D eigenvalue weighted by Gasteiger charge is 2.14. The third-order valence-electron chi connectivity index (χ3n) is 3.40. The van der Waals surface area contributed by atoms with Gasteiger partial charge in [-0.25, -0.2) is 15.0 Å². The first kappa shape index (κ1) is 16.9. The van der Waals surface area contributed by atoms with Crippen LogP contribution in [0.1, 0.15) is 10.4 Å². The van der Waals surface area contributed by atoms with Gasteiger partial charge in [0.25, 0.3) is 0 Å². The summed E-state index contributed by atoms with van der Waals surface area (Å²) >= 11 is 8.72. The molecule has 9 heteroatoms. The minimum atomic E-state index is -0.212. The van der Waals surface area contributed by atoms with Crippen molar-refractivity contribution in [2.75, 3.05) is 16.8 Å². The molecule has 0 saturated carbocycles. The smallest absolute Gasteiger partial charge is 0.234 e. The molecule has 124 valence electrons. The molecule has 1 amide bonds. The first-order chi connectivity index (χ1) is 11.5. The van der Waals surface area contributed by atoms with Gasteiger partial charge in [-0.05, 0) is 31.5 Å². The molecule has 0 spiro atoms. The lowest BCUT2D eigenvalue weighted by Gasteiger charge is -2.06. The van der Waals surface area contributed by atoms with Crippen molar-refractivity contribution in [3.8, 4) is 0 Å². The predicted molar refractivity (Wildman–Crippen MR) is 99.9 cm³/mol. The van der Waals surface area contributed by atoms with Crippen LogP contribution in [0.3, 0.4) is 0 Å². The number of amides is 1. The van der Waals surface area contributed by atoms with Crippen LogP contribution in [0.25, 0.3) is 10.2 Å². The van der Waals surface area contributed by atoms with Crippen molar-refractivity contribution in [3.05, 3.63) is 33.9 Å². The number of hydrogen-bond donors (Lipinski definition) is 2. The quantitative estimate of drug-likeness (QED) is 0.408. The summed E-state index contributed by atoms with van der Waals surface area (Å²) < 4.78 is 0. The lowest BCUT2D eigenvalue weighted by atomic mass is 10.2. The molecule has 0 bridgehead atoms. The molecule has 24 heavy (non-hydrogen) atoms. The summed E-state index contributed by atoms with van der Waals surface area (Å²) in [4.78, 5) is 26.7. The normalized spacial score (nSPS) is 11.0. The van der Waals surface area contributed by atoms with E-state index in [2.05, 4.69) is 20.3 Å². The Kier molecular flexibility index (Phi) is 4.88. The van der Waals surface area contributed by atoms with Gasteiger partial charge in [0.2, 0.25) is 5.91 Å². The van der Waals surface area contributed by atoms with E-state index in [4.69, 9.17) is 17.3 Å². The fourth-order valence-electron chi connectivity index (χ4n) is 2.12. The zero-order chi connectivity index (χ0) is 17.3. The van der Waals surface area contributed by atoms with Crippen LogP contribution in [0.2, 0.25) is 5.15 Å². The minimum Gasteiger partial charge on any atom is -0.383 e. The van der Waals surface area contributed by atoms with Crippen LogP contribution in [0.4, 0.5) is 11.5 Å². The number of nitrogens with one attached hydrogen (secondary N) is 1. The number of pyridine rings is 1. The molecule has 3 aromatic heterocycles. The summed E-state index contributed by atoms with van der Waals surface area (Å²) in [5.41, 5.74) is 7.62. The van der Waals surface area contributed by atoms with Gasteiger partial charge < -0.3 is 11.1 Å². The van der Waals surface area contributed by atoms with Crippen LogP contribution in [-0.2, 0) is 4.79 Å². The number of anilines is 2. The van der Waals surface area contributed by atoms with Crippen LogP contribution in [0, 0.1) is 13.8 Å². The first-order valence-electron chi connectivity index (χ1n) is 7.02. The van der Waals surface area contributed by atoms with Crippen molar-refractivity contribution in [2.45, 2.75) is 19.0 Å². The van der Waals surface area contributed by atoms with Crippen molar-refractivity contribution < 1.29 is 4.79 Å². The van der Waals surface area contributed by atoms with Crippen molar-refractivity contribution in [1.29, 1.82) is 0 Å².